The van der Waals surface area contributed by atoms with Crippen LogP contribution in [0.3, 0.4) is 0 Å². The predicted molar refractivity (Wildman–Crippen MR) is 75.5 cm³/mol. The molecule has 0 aliphatic carbocycles. The molecular weight excluding hydrogens is 313 g/mol. The largest absolute Gasteiger partial charge is 0.460 e. The van der Waals surface area contributed by atoms with Crippen LogP contribution >= 0.6 is 15.9 Å². The number of aromatic nitrogens is 1. The third kappa shape index (κ3) is 3.15. The number of ether oxygens (including phenoxy) is 1. The zero-order valence-corrected chi connectivity index (χ0v) is 12.6. The molecule has 0 fully saturated rings. The van der Waals surface area contributed by atoms with Gasteiger partial charge in [-0.3, -0.25) is 4.79 Å². The van der Waals surface area contributed by atoms with Gasteiger partial charge in [0.25, 0.3) is 0 Å². The van der Waals surface area contributed by atoms with Crippen molar-refractivity contribution in [2.45, 2.75) is 32.8 Å². The highest BCUT2D eigenvalue weighted by atomic mass is 79.9. The molecule has 19 heavy (non-hydrogen) atoms. The topological polar surface area (TPSA) is 42.1 Å². The minimum absolute atomic E-state index is 0.0402. The second-order valence-corrected chi connectivity index (χ2v) is 6.15. The van der Waals surface area contributed by atoms with Crippen LogP contribution in [0.1, 0.15) is 26.3 Å². The normalized spacial score (nSPS) is 11.8. The molecule has 0 aliphatic heterocycles. The van der Waals surface area contributed by atoms with Crippen molar-refractivity contribution in [3.05, 3.63) is 34.2 Å². The molecule has 0 atom stereocenters. The van der Waals surface area contributed by atoms with Gasteiger partial charge in [0.15, 0.2) is 0 Å². The summed E-state index contributed by atoms with van der Waals surface area (Å²) in [5.41, 5.74) is 0.800. The van der Waals surface area contributed by atoms with Crippen LogP contribution in [0.25, 0.3) is 10.9 Å². The van der Waals surface area contributed by atoms with Crippen LogP contribution < -0.4 is 0 Å². The standard InChI is InChI=1S/C14H15BrFNO2/c1-14(2,3)19-11(18)7-8-6-10(16)12(15)9-4-5-17-13(8)9/h4-6,17H,7H2,1-3H3. The maximum atomic E-state index is 13.8. The number of rotatable bonds is 2. The highest BCUT2D eigenvalue weighted by Crippen LogP contribution is 2.29. The average molecular weight is 328 g/mol. The van der Waals surface area contributed by atoms with Gasteiger partial charge in [0, 0.05) is 11.6 Å². The van der Waals surface area contributed by atoms with E-state index in [1.54, 1.807) is 33.0 Å². The number of benzene rings is 1. The van der Waals surface area contributed by atoms with Crippen LogP contribution in [0.15, 0.2) is 22.8 Å². The molecule has 0 spiro atoms. The van der Waals surface area contributed by atoms with Crippen LogP contribution in [-0.2, 0) is 16.0 Å². The van der Waals surface area contributed by atoms with Gasteiger partial charge in [-0.05, 0) is 54.4 Å². The molecule has 2 aromatic rings. The van der Waals surface area contributed by atoms with Crippen LogP contribution in [0, 0.1) is 5.82 Å². The highest BCUT2D eigenvalue weighted by molar-refractivity contribution is 9.10. The van der Waals surface area contributed by atoms with E-state index in [1.165, 1.54) is 6.07 Å². The third-order valence-corrected chi connectivity index (χ3v) is 3.38. The summed E-state index contributed by atoms with van der Waals surface area (Å²) in [7, 11) is 0. The van der Waals surface area contributed by atoms with Gasteiger partial charge in [-0.25, -0.2) is 4.39 Å². The number of carbonyl (C=O) groups excluding carboxylic acids is 1. The molecule has 102 valence electrons. The molecule has 0 saturated carbocycles. The number of hydrogen-bond acceptors (Lipinski definition) is 2. The Morgan fingerprint density at radius 2 is 2.16 bits per heavy atom. The van der Waals surface area contributed by atoms with Gasteiger partial charge < -0.3 is 9.72 Å². The fourth-order valence-corrected chi connectivity index (χ4v) is 2.35. The van der Waals surface area contributed by atoms with Crippen LogP contribution in [-0.4, -0.2) is 16.6 Å². The van der Waals surface area contributed by atoms with Gasteiger partial charge >= 0.3 is 5.97 Å². The molecule has 0 unspecified atom stereocenters. The van der Waals surface area contributed by atoms with Gasteiger partial charge in [-0.1, -0.05) is 0 Å². The minimum atomic E-state index is -0.542. The first-order valence-corrected chi connectivity index (χ1v) is 6.73. The summed E-state index contributed by atoms with van der Waals surface area (Å²) in [6, 6.07) is 3.12. The van der Waals surface area contributed by atoms with Gasteiger partial charge in [0.1, 0.15) is 11.4 Å². The van der Waals surface area contributed by atoms with Gasteiger partial charge in [-0.15, -0.1) is 0 Å². The number of fused-ring (bicyclic) bond motifs is 1. The summed E-state index contributed by atoms with van der Waals surface area (Å²) < 4.78 is 19.4. The molecule has 1 heterocycles. The summed E-state index contributed by atoms with van der Waals surface area (Å²) in [4.78, 5) is 14.8. The van der Waals surface area contributed by atoms with E-state index in [-0.39, 0.29) is 18.2 Å². The molecule has 1 aromatic heterocycles. The fourth-order valence-electron chi connectivity index (χ4n) is 1.91. The Balaban J connectivity index is 2.33. The Hall–Kier alpha value is -1.36. The van der Waals surface area contributed by atoms with Crippen molar-refractivity contribution in [3.63, 3.8) is 0 Å². The lowest BCUT2D eigenvalue weighted by atomic mass is 10.1. The van der Waals surface area contributed by atoms with E-state index in [1.807, 2.05) is 0 Å². The van der Waals surface area contributed by atoms with Crippen LogP contribution in [0.5, 0.6) is 0 Å². The first kappa shape index (κ1) is 14.1. The van der Waals surface area contributed by atoms with E-state index in [9.17, 15) is 9.18 Å². The van der Waals surface area contributed by atoms with E-state index >= 15 is 0 Å². The number of hydrogen-bond donors (Lipinski definition) is 1. The number of carbonyl (C=O) groups is 1. The first-order valence-electron chi connectivity index (χ1n) is 5.94. The van der Waals surface area contributed by atoms with E-state index < -0.39 is 5.60 Å². The predicted octanol–water partition coefficient (Wildman–Crippen LogP) is 3.95. The summed E-state index contributed by atoms with van der Waals surface area (Å²) in [5.74, 6) is -0.754. The Morgan fingerprint density at radius 3 is 2.79 bits per heavy atom. The van der Waals surface area contributed by atoms with Crippen molar-refractivity contribution in [2.75, 3.05) is 0 Å². The molecule has 1 aromatic carbocycles. The smallest absolute Gasteiger partial charge is 0.310 e. The van der Waals surface area contributed by atoms with Crippen molar-refractivity contribution < 1.29 is 13.9 Å². The van der Waals surface area contributed by atoms with Crippen molar-refractivity contribution in [1.82, 2.24) is 4.98 Å². The van der Waals surface area contributed by atoms with Gasteiger partial charge in [-0.2, -0.15) is 0 Å². The molecule has 2 rings (SSSR count). The zero-order chi connectivity index (χ0) is 14.2. The van der Waals surface area contributed by atoms with E-state index in [2.05, 4.69) is 20.9 Å². The van der Waals surface area contributed by atoms with Crippen LogP contribution in [0.2, 0.25) is 0 Å². The second-order valence-electron chi connectivity index (χ2n) is 5.36. The number of aromatic amines is 1. The van der Waals surface area contributed by atoms with Crippen molar-refractivity contribution >= 4 is 32.8 Å². The summed E-state index contributed by atoms with van der Waals surface area (Å²) >= 11 is 3.20. The molecular formula is C14H15BrFNO2. The molecule has 3 nitrogen and oxygen atoms in total. The van der Waals surface area contributed by atoms with E-state index in [4.69, 9.17) is 4.74 Å². The molecule has 5 heteroatoms. The molecule has 0 saturated heterocycles. The highest BCUT2D eigenvalue weighted by Gasteiger charge is 2.19. The Bertz CT molecular complexity index is 628. The summed E-state index contributed by atoms with van der Waals surface area (Å²) in [5, 5.41) is 0.721. The summed E-state index contributed by atoms with van der Waals surface area (Å²) in [6.45, 7) is 5.41. The number of nitrogens with one attached hydrogen (secondary N) is 1. The van der Waals surface area contributed by atoms with Gasteiger partial charge in [0.05, 0.1) is 16.4 Å². The number of halogens is 2. The minimum Gasteiger partial charge on any atom is -0.460 e. The molecule has 1 N–H and O–H groups in total. The Labute approximate surface area is 119 Å². The molecule has 0 aliphatic rings. The van der Waals surface area contributed by atoms with Gasteiger partial charge in [0.2, 0.25) is 0 Å². The SMILES string of the molecule is CC(C)(C)OC(=O)Cc1cc(F)c(Br)c2cc[nH]c12. The Morgan fingerprint density at radius 1 is 1.47 bits per heavy atom. The number of H-pyrrole nitrogens is 1. The lowest BCUT2D eigenvalue weighted by molar-refractivity contribution is -0.153. The maximum Gasteiger partial charge on any atom is 0.310 e. The lowest BCUT2D eigenvalue weighted by Gasteiger charge is -2.19. The lowest BCUT2D eigenvalue weighted by Crippen LogP contribution is -2.25. The maximum absolute atomic E-state index is 13.8. The second kappa shape index (κ2) is 4.96. The third-order valence-electron chi connectivity index (χ3n) is 2.57. The van der Waals surface area contributed by atoms with E-state index in [0.29, 0.717) is 10.0 Å². The molecule has 0 amide bonds. The molecule has 0 radical (unpaired) electrons. The fraction of sp³-hybridized carbons (Fsp3) is 0.357. The van der Waals surface area contributed by atoms with Crippen molar-refractivity contribution in [3.8, 4) is 0 Å². The Kier molecular flexibility index (Phi) is 3.67. The zero-order valence-electron chi connectivity index (χ0n) is 11.0. The van der Waals surface area contributed by atoms with E-state index in [0.717, 1.165) is 10.9 Å². The monoisotopic (exact) mass is 327 g/mol. The average Bonchev–Trinajstić information content (AvgIpc) is 2.71. The number of esters is 1. The quantitative estimate of drug-likeness (QED) is 0.848. The van der Waals surface area contributed by atoms with Crippen molar-refractivity contribution in [2.24, 2.45) is 0 Å². The van der Waals surface area contributed by atoms with Crippen molar-refractivity contribution in [1.29, 1.82) is 0 Å². The summed E-state index contributed by atoms with van der Waals surface area (Å²) in [6.07, 6.45) is 1.76. The first-order chi connectivity index (χ1) is 8.78. The van der Waals surface area contributed by atoms with Crippen LogP contribution in [0.4, 0.5) is 4.39 Å². The molecule has 0 bridgehead atoms.